The van der Waals surface area contributed by atoms with E-state index in [1.54, 1.807) is 6.07 Å². The Morgan fingerprint density at radius 3 is 2.41 bits per heavy atom. The van der Waals surface area contributed by atoms with Crippen molar-refractivity contribution in [3.05, 3.63) is 30.3 Å². The van der Waals surface area contributed by atoms with Crippen molar-refractivity contribution >= 4 is 20.9 Å². The zero-order chi connectivity index (χ0) is 12.5. The molecule has 2 rings (SSSR count). The first kappa shape index (κ1) is 12.1. The van der Waals surface area contributed by atoms with Crippen molar-refractivity contribution in [2.24, 2.45) is 0 Å². The van der Waals surface area contributed by atoms with Crippen LogP contribution >= 0.6 is 0 Å². The van der Waals surface area contributed by atoms with E-state index in [0.717, 1.165) is 10.9 Å². The zero-order valence-electron chi connectivity index (χ0n) is 9.97. The Hall–Kier alpha value is -1.33. The minimum atomic E-state index is -3.39. The molecule has 2 aromatic rings. The predicted molar refractivity (Wildman–Crippen MR) is 68.4 cm³/mol. The van der Waals surface area contributed by atoms with Gasteiger partial charge in [0.25, 0.3) is 10.0 Å². The lowest BCUT2D eigenvalue weighted by Crippen LogP contribution is -2.30. The van der Waals surface area contributed by atoms with Crippen molar-refractivity contribution in [1.82, 2.24) is 9.29 Å². The normalized spacial score (nSPS) is 12.4. The molecule has 1 heterocycles. The van der Waals surface area contributed by atoms with Crippen molar-refractivity contribution in [2.45, 2.75) is 18.9 Å². The van der Waals surface area contributed by atoms with Gasteiger partial charge in [-0.05, 0) is 12.1 Å². The molecule has 0 aliphatic rings. The summed E-state index contributed by atoms with van der Waals surface area (Å²) >= 11 is 0. The molecule has 0 spiro atoms. The molecule has 1 aromatic carbocycles. The van der Waals surface area contributed by atoms with Gasteiger partial charge in [0, 0.05) is 24.0 Å². The second-order valence-corrected chi connectivity index (χ2v) is 5.72. The molecule has 0 fully saturated rings. The highest BCUT2D eigenvalue weighted by Gasteiger charge is 2.23. The van der Waals surface area contributed by atoms with E-state index in [4.69, 9.17) is 0 Å². The lowest BCUT2D eigenvalue weighted by atomic mass is 10.3. The number of benzene rings is 1. The summed E-state index contributed by atoms with van der Waals surface area (Å²) in [5.41, 5.74) is 0.846. The molecule has 1 aromatic heterocycles. The number of nitrogens with one attached hydrogen (secondary N) is 1. The van der Waals surface area contributed by atoms with Crippen LogP contribution < -0.4 is 0 Å². The molecular formula is C12H16N2O2S. The first-order valence-corrected chi connectivity index (χ1v) is 7.11. The summed E-state index contributed by atoms with van der Waals surface area (Å²) in [6.45, 7) is 4.63. The van der Waals surface area contributed by atoms with Crippen LogP contribution in [0.15, 0.2) is 35.4 Å². The fraction of sp³-hybridized carbons (Fsp3) is 0.333. The molecule has 5 heteroatoms. The van der Waals surface area contributed by atoms with Crippen LogP contribution in [0.1, 0.15) is 13.8 Å². The number of nitrogens with zero attached hydrogens (tertiary/aromatic N) is 1. The number of hydrogen-bond acceptors (Lipinski definition) is 2. The van der Waals surface area contributed by atoms with Crippen LogP contribution in [0.3, 0.4) is 0 Å². The molecule has 92 valence electrons. The van der Waals surface area contributed by atoms with Crippen molar-refractivity contribution in [1.29, 1.82) is 0 Å². The molecule has 17 heavy (non-hydrogen) atoms. The Kier molecular flexibility index (Phi) is 3.22. The number of sulfonamides is 1. The van der Waals surface area contributed by atoms with Crippen LogP contribution in [-0.2, 0) is 10.0 Å². The SMILES string of the molecule is CCN(CC)S(=O)(=O)c1cc2ccccc2[nH]1. The summed E-state index contributed by atoms with van der Waals surface area (Å²) in [5, 5.41) is 1.18. The summed E-state index contributed by atoms with van der Waals surface area (Å²) in [5.74, 6) is 0. The van der Waals surface area contributed by atoms with E-state index in [9.17, 15) is 8.42 Å². The van der Waals surface area contributed by atoms with Crippen molar-refractivity contribution in [3.63, 3.8) is 0 Å². The monoisotopic (exact) mass is 252 g/mol. The van der Waals surface area contributed by atoms with Gasteiger partial charge in [0.2, 0.25) is 0 Å². The second-order valence-electron chi connectivity index (χ2n) is 3.81. The van der Waals surface area contributed by atoms with Crippen molar-refractivity contribution in [2.75, 3.05) is 13.1 Å². The summed E-state index contributed by atoms with van der Waals surface area (Å²) in [7, 11) is -3.39. The Labute approximate surface area is 101 Å². The van der Waals surface area contributed by atoms with Gasteiger partial charge in [0.1, 0.15) is 5.03 Å². The van der Waals surface area contributed by atoms with Gasteiger partial charge in [-0.3, -0.25) is 0 Å². The van der Waals surface area contributed by atoms with Crippen LogP contribution in [0.4, 0.5) is 0 Å². The zero-order valence-corrected chi connectivity index (χ0v) is 10.8. The molecule has 0 atom stereocenters. The highest BCUT2D eigenvalue weighted by molar-refractivity contribution is 7.89. The molecule has 0 amide bonds. The van der Waals surface area contributed by atoms with Crippen molar-refractivity contribution < 1.29 is 8.42 Å². The third kappa shape index (κ3) is 2.08. The third-order valence-electron chi connectivity index (χ3n) is 2.83. The molecule has 0 aliphatic heterocycles. The lowest BCUT2D eigenvalue weighted by molar-refractivity contribution is 0.443. The van der Waals surface area contributed by atoms with Gasteiger partial charge in [0.15, 0.2) is 0 Å². The average molecular weight is 252 g/mol. The third-order valence-corrected chi connectivity index (χ3v) is 4.80. The summed E-state index contributed by atoms with van der Waals surface area (Å²) in [6, 6.07) is 9.23. The van der Waals surface area contributed by atoms with Gasteiger partial charge in [-0.25, -0.2) is 8.42 Å². The number of aromatic nitrogens is 1. The fourth-order valence-electron chi connectivity index (χ4n) is 1.89. The fourth-order valence-corrected chi connectivity index (χ4v) is 3.36. The molecule has 0 saturated carbocycles. The molecule has 0 unspecified atom stereocenters. The maximum atomic E-state index is 12.3. The molecule has 4 nitrogen and oxygen atoms in total. The minimum absolute atomic E-state index is 0.266. The number of para-hydroxylation sites is 1. The van der Waals surface area contributed by atoms with Crippen molar-refractivity contribution in [3.8, 4) is 0 Å². The van der Waals surface area contributed by atoms with E-state index in [-0.39, 0.29) is 5.03 Å². The molecule has 0 saturated heterocycles. The van der Waals surface area contributed by atoms with Gasteiger partial charge in [-0.2, -0.15) is 4.31 Å². The maximum absolute atomic E-state index is 12.3. The van der Waals surface area contributed by atoms with Crippen LogP contribution in [0.2, 0.25) is 0 Å². The number of rotatable bonds is 4. The van der Waals surface area contributed by atoms with E-state index < -0.39 is 10.0 Å². The standard InChI is InChI=1S/C12H16N2O2S/c1-3-14(4-2)17(15,16)12-9-10-7-5-6-8-11(10)13-12/h5-9,13H,3-4H2,1-2H3. The number of H-pyrrole nitrogens is 1. The highest BCUT2D eigenvalue weighted by atomic mass is 32.2. The second kappa shape index (κ2) is 4.50. The van der Waals surface area contributed by atoms with Crippen LogP contribution in [0.25, 0.3) is 10.9 Å². The van der Waals surface area contributed by atoms with Crippen LogP contribution in [-0.4, -0.2) is 30.8 Å². The molecule has 0 bridgehead atoms. The summed E-state index contributed by atoms with van der Waals surface area (Å²) in [6.07, 6.45) is 0. The Morgan fingerprint density at radius 1 is 1.18 bits per heavy atom. The number of aromatic amines is 1. The van der Waals surface area contributed by atoms with E-state index in [2.05, 4.69) is 4.98 Å². The highest BCUT2D eigenvalue weighted by Crippen LogP contribution is 2.20. The molecule has 0 radical (unpaired) electrons. The van der Waals surface area contributed by atoms with Crippen LogP contribution in [0.5, 0.6) is 0 Å². The Balaban J connectivity index is 2.52. The van der Waals surface area contributed by atoms with E-state index in [0.29, 0.717) is 13.1 Å². The molecule has 1 N–H and O–H groups in total. The van der Waals surface area contributed by atoms with E-state index in [1.165, 1.54) is 4.31 Å². The van der Waals surface area contributed by atoms with E-state index >= 15 is 0 Å². The minimum Gasteiger partial charge on any atom is -0.345 e. The lowest BCUT2D eigenvalue weighted by Gasteiger charge is -2.16. The first-order chi connectivity index (χ1) is 8.09. The van der Waals surface area contributed by atoms with Gasteiger partial charge in [0.05, 0.1) is 0 Å². The summed E-state index contributed by atoms with van der Waals surface area (Å²) in [4.78, 5) is 2.96. The van der Waals surface area contributed by atoms with Crippen LogP contribution in [0, 0.1) is 0 Å². The van der Waals surface area contributed by atoms with Gasteiger partial charge < -0.3 is 4.98 Å². The van der Waals surface area contributed by atoms with Gasteiger partial charge >= 0.3 is 0 Å². The Morgan fingerprint density at radius 2 is 1.82 bits per heavy atom. The van der Waals surface area contributed by atoms with Gasteiger partial charge in [-0.1, -0.05) is 32.0 Å². The number of fused-ring (bicyclic) bond motifs is 1. The smallest absolute Gasteiger partial charge is 0.258 e. The topological polar surface area (TPSA) is 53.2 Å². The van der Waals surface area contributed by atoms with E-state index in [1.807, 2.05) is 38.1 Å². The first-order valence-electron chi connectivity index (χ1n) is 5.67. The number of hydrogen-bond donors (Lipinski definition) is 1. The largest absolute Gasteiger partial charge is 0.345 e. The quantitative estimate of drug-likeness (QED) is 0.907. The molecular weight excluding hydrogens is 236 g/mol. The average Bonchev–Trinajstić information content (AvgIpc) is 2.74. The Bertz CT molecular complexity index is 579. The van der Waals surface area contributed by atoms with Gasteiger partial charge in [-0.15, -0.1) is 0 Å². The maximum Gasteiger partial charge on any atom is 0.258 e. The summed E-state index contributed by atoms with van der Waals surface area (Å²) < 4.78 is 26.0. The predicted octanol–water partition coefficient (Wildman–Crippen LogP) is 2.20. The molecule has 0 aliphatic carbocycles.